The number of nitrogens with one attached hydrogen (secondary N) is 2. The lowest BCUT2D eigenvalue weighted by Crippen LogP contribution is -2.35. The highest BCUT2D eigenvalue weighted by Crippen LogP contribution is 2.25. The molecule has 1 heterocycles. The third-order valence-electron chi connectivity index (χ3n) is 2.54. The molecule has 100 valence electrons. The highest BCUT2D eigenvalue weighted by molar-refractivity contribution is 14.1. The first-order valence-electron chi connectivity index (χ1n) is 5.14. The van der Waals surface area contributed by atoms with Crippen molar-refractivity contribution < 1.29 is 13.6 Å². The number of anilines is 1. The van der Waals surface area contributed by atoms with E-state index in [1.54, 1.807) is 12.1 Å². The fourth-order valence-corrected chi connectivity index (χ4v) is 2.02. The highest BCUT2D eigenvalue weighted by Gasteiger charge is 2.42. The Hall–Kier alpha value is -0.470. The van der Waals surface area contributed by atoms with Gasteiger partial charge in [-0.1, -0.05) is 0 Å². The molecule has 2 rings (SSSR count). The van der Waals surface area contributed by atoms with Gasteiger partial charge in [0, 0.05) is 15.7 Å². The van der Waals surface area contributed by atoms with Crippen LogP contribution in [0.4, 0.5) is 14.5 Å². The zero-order chi connectivity index (χ0) is 12.5. The summed E-state index contributed by atoms with van der Waals surface area (Å²) in [5, 5.41) is 5.13. The number of carbonyl (C=O) groups is 1. The van der Waals surface area contributed by atoms with Crippen LogP contribution in [0.1, 0.15) is 6.42 Å². The van der Waals surface area contributed by atoms with E-state index in [0.717, 1.165) is 3.57 Å². The van der Waals surface area contributed by atoms with Crippen LogP contribution in [0, 0.1) is 3.57 Å². The van der Waals surface area contributed by atoms with Gasteiger partial charge in [0.1, 0.15) is 0 Å². The van der Waals surface area contributed by atoms with E-state index < -0.39 is 30.8 Å². The van der Waals surface area contributed by atoms with Gasteiger partial charge in [0.15, 0.2) is 0 Å². The van der Waals surface area contributed by atoms with Crippen LogP contribution in [0.15, 0.2) is 24.3 Å². The molecule has 1 fully saturated rings. The Morgan fingerprint density at radius 2 is 2.00 bits per heavy atom. The first-order valence-corrected chi connectivity index (χ1v) is 6.22. The molecule has 1 amide bonds. The third kappa shape index (κ3) is 4.03. The predicted molar refractivity (Wildman–Crippen MR) is 76.4 cm³/mol. The van der Waals surface area contributed by atoms with E-state index in [0.29, 0.717) is 5.69 Å². The van der Waals surface area contributed by atoms with E-state index in [9.17, 15) is 13.6 Å². The number of halogens is 4. The fraction of sp³-hybridized carbons (Fsp3) is 0.364. The average Bonchev–Trinajstić information content (AvgIpc) is 2.62. The molecular weight excluding hydrogens is 376 g/mol. The molecule has 0 aromatic heterocycles. The van der Waals surface area contributed by atoms with E-state index in [1.807, 2.05) is 12.1 Å². The molecule has 1 saturated heterocycles. The number of rotatable bonds is 2. The number of hydrogen-bond donors (Lipinski definition) is 2. The molecule has 0 radical (unpaired) electrons. The standard InChI is InChI=1S/C11H11F2IN2O.ClH/c12-11(13)5-9(15-6-11)10(17)16-8-3-1-7(14)2-4-8;/h1-4,9,15H,5-6H2,(H,16,17);1H. The lowest BCUT2D eigenvalue weighted by atomic mass is 10.2. The first kappa shape index (κ1) is 15.6. The summed E-state index contributed by atoms with van der Waals surface area (Å²) < 4.78 is 26.9. The Morgan fingerprint density at radius 1 is 1.39 bits per heavy atom. The van der Waals surface area contributed by atoms with Gasteiger partial charge < -0.3 is 5.32 Å². The molecule has 0 aliphatic carbocycles. The summed E-state index contributed by atoms with van der Waals surface area (Å²) >= 11 is 2.15. The van der Waals surface area contributed by atoms with Gasteiger partial charge in [0.2, 0.25) is 5.91 Å². The monoisotopic (exact) mass is 388 g/mol. The Kier molecular flexibility index (Phi) is 5.30. The number of alkyl halides is 2. The number of amides is 1. The van der Waals surface area contributed by atoms with Crippen LogP contribution in [0.25, 0.3) is 0 Å². The van der Waals surface area contributed by atoms with Gasteiger partial charge in [0.05, 0.1) is 12.6 Å². The van der Waals surface area contributed by atoms with Crippen molar-refractivity contribution in [1.29, 1.82) is 0 Å². The van der Waals surface area contributed by atoms with Crippen molar-refractivity contribution in [2.24, 2.45) is 0 Å². The lowest BCUT2D eigenvalue weighted by molar-refractivity contribution is -0.118. The van der Waals surface area contributed by atoms with Gasteiger partial charge in [-0.25, -0.2) is 8.78 Å². The summed E-state index contributed by atoms with van der Waals surface area (Å²) in [7, 11) is 0. The molecular formula is C11H12ClF2IN2O. The molecule has 1 unspecified atom stereocenters. The largest absolute Gasteiger partial charge is 0.325 e. The number of benzene rings is 1. The smallest absolute Gasteiger partial charge is 0.262 e. The van der Waals surface area contributed by atoms with Crippen LogP contribution < -0.4 is 10.6 Å². The summed E-state index contributed by atoms with van der Waals surface area (Å²) in [5.41, 5.74) is 0.618. The topological polar surface area (TPSA) is 41.1 Å². The second-order valence-electron chi connectivity index (χ2n) is 3.99. The van der Waals surface area contributed by atoms with Gasteiger partial charge in [-0.05, 0) is 46.9 Å². The second-order valence-corrected chi connectivity index (χ2v) is 5.24. The molecule has 1 atom stereocenters. The van der Waals surface area contributed by atoms with Crippen LogP contribution in [-0.2, 0) is 4.79 Å². The van der Waals surface area contributed by atoms with Crippen molar-refractivity contribution in [1.82, 2.24) is 5.32 Å². The van der Waals surface area contributed by atoms with E-state index >= 15 is 0 Å². The first-order chi connectivity index (χ1) is 7.96. The highest BCUT2D eigenvalue weighted by atomic mass is 127. The fourth-order valence-electron chi connectivity index (χ4n) is 1.66. The zero-order valence-electron chi connectivity index (χ0n) is 9.25. The summed E-state index contributed by atoms with van der Waals surface area (Å²) in [6.07, 6.45) is -0.441. The van der Waals surface area contributed by atoms with E-state index in [4.69, 9.17) is 0 Å². The molecule has 1 aromatic carbocycles. The van der Waals surface area contributed by atoms with E-state index in [-0.39, 0.29) is 12.4 Å². The van der Waals surface area contributed by atoms with Crippen molar-refractivity contribution >= 4 is 46.6 Å². The minimum Gasteiger partial charge on any atom is -0.325 e. The lowest BCUT2D eigenvalue weighted by Gasteiger charge is -2.11. The van der Waals surface area contributed by atoms with Gasteiger partial charge >= 0.3 is 0 Å². The van der Waals surface area contributed by atoms with E-state index in [1.165, 1.54) is 0 Å². The van der Waals surface area contributed by atoms with Crippen molar-refractivity contribution in [3.05, 3.63) is 27.8 Å². The molecule has 0 spiro atoms. The Balaban J connectivity index is 0.00000162. The van der Waals surface area contributed by atoms with Crippen LogP contribution in [0.5, 0.6) is 0 Å². The summed E-state index contributed by atoms with van der Waals surface area (Å²) in [4.78, 5) is 11.7. The van der Waals surface area contributed by atoms with Crippen molar-refractivity contribution in [3.63, 3.8) is 0 Å². The van der Waals surface area contributed by atoms with Crippen LogP contribution in [0.3, 0.4) is 0 Å². The molecule has 2 N–H and O–H groups in total. The molecule has 1 aliphatic rings. The minimum absolute atomic E-state index is 0. The molecule has 0 bridgehead atoms. The average molecular weight is 389 g/mol. The SMILES string of the molecule is Cl.O=C(Nc1ccc(I)cc1)C1CC(F)(F)CN1. The van der Waals surface area contributed by atoms with Gasteiger partial charge in [-0.3, -0.25) is 10.1 Å². The maximum atomic E-state index is 12.9. The molecule has 3 nitrogen and oxygen atoms in total. The number of carbonyl (C=O) groups excluding carboxylic acids is 1. The molecule has 1 aliphatic heterocycles. The summed E-state index contributed by atoms with van der Waals surface area (Å²) in [5.74, 6) is -3.20. The Morgan fingerprint density at radius 3 is 2.50 bits per heavy atom. The molecule has 0 saturated carbocycles. The Labute approximate surface area is 123 Å². The minimum atomic E-state index is -2.78. The van der Waals surface area contributed by atoms with Crippen molar-refractivity contribution in [3.8, 4) is 0 Å². The van der Waals surface area contributed by atoms with Crippen molar-refractivity contribution in [2.45, 2.75) is 18.4 Å². The van der Waals surface area contributed by atoms with Crippen LogP contribution in [0.2, 0.25) is 0 Å². The zero-order valence-corrected chi connectivity index (χ0v) is 12.2. The maximum Gasteiger partial charge on any atom is 0.262 e. The van der Waals surface area contributed by atoms with Crippen LogP contribution >= 0.6 is 35.0 Å². The normalized spacial score (nSPS) is 21.2. The van der Waals surface area contributed by atoms with E-state index in [2.05, 4.69) is 33.2 Å². The van der Waals surface area contributed by atoms with Crippen LogP contribution in [-0.4, -0.2) is 24.4 Å². The van der Waals surface area contributed by atoms with Gasteiger partial charge in [-0.15, -0.1) is 12.4 Å². The molecule has 7 heteroatoms. The third-order valence-corrected chi connectivity index (χ3v) is 3.26. The predicted octanol–water partition coefficient (Wildman–Crippen LogP) is 2.65. The maximum absolute atomic E-state index is 12.9. The summed E-state index contributed by atoms with van der Waals surface area (Å²) in [6.45, 7) is -0.433. The van der Waals surface area contributed by atoms with Gasteiger partial charge in [-0.2, -0.15) is 0 Å². The molecule has 18 heavy (non-hydrogen) atoms. The number of hydrogen-bond acceptors (Lipinski definition) is 2. The summed E-state index contributed by atoms with van der Waals surface area (Å²) in [6, 6.07) is 6.35. The molecule has 1 aromatic rings. The quantitative estimate of drug-likeness (QED) is 0.765. The van der Waals surface area contributed by atoms with Crippen molar-refractivity contribution in [2.75, 3.05) is 11.9 Å². The Bertz CT molecular complexity index is 428. The second kappa shape index (κ2) is 6.12. The van der Waals surface area contributed by atoms with Gasteiger partial charge in [0.25, 0.3) is 5.92 Å².